The number of benzene rings is 2. The summed E-state index contributed by atoms with van der Waals surface area (Å²) in [7, 11) is 4.43. The number of rotatable bonds is 9. The molecular formula is C26H27Cl2N7O3. The number of carbonyl (C=O) groups is 1. The Balaban J connectivity index is 2.02. The van der Waals surface area contributed by atoms with Gasteiger partial charge in [0.05, 0.1) is 37.8 Å². The fourth-order valence-electron chi connectivity index (χ4n) is 3.36. The number of nitrogen functional groups attached to an aromatic ring is 1. The second-order valence-electron chi connectivity index (χ2n) is 7.64. The standard InChI is InChI=1S/C26H27Cl2N7O3/c1-30-21(33-18-10-6-5-9-17(18)29)13-22(31-2)35(15-16-8-7-11-32-14-16)26(36)34-25-23(27)19(37-3)12-20(38-4)24(25)28/h5-14,33H,1,15,29H2,2-4H3,(H,34,36)/b21-13+,31-22+. The van der Waals surface area contributed by atoms with Crippen molar-refractivity contribution in [3.05, 3.63) is 82.4 Å². The molecule has 198 valence electrons. The molecular weight excluding hydrogens is 529 g/mol. The van der Waals surface area contributed by atoms with Crippen molar-refractivity contribution < 1.29 is 14.3 Å². The highest BCUT2D eigenvalue weighted by molar-refractivity contribution is 6.41. The lowest BCUT2D eigenvalue weighted by molar-refractivity contribution is 0.232. The zero-order valence-electron chi connectivity index (χ0n) is 21.0. The SMILES string of the molecule is C=N/C(=C\C(=N/C)N(Cc1cccnc1)C(=O)Nc1c(Cl)c(OC)cc(OC)c1Cl)Nc1ccccc1N. The van der Waals surface area contributed by atoms with Gasteiger partial charge in [-0.05, 0) is 30.5 Å². The second-order valence-corrected chi connectivity index (χ2v) is 8.40. The Morgan fingerprint density at radius 2 is 1.82 bits per heavy atom. The number of amidine groups is 1. The van der Waals surface area contributed by atoms with Gasteiger partial charge in [0, 0.05) is 31.6 Å². The van der Waals surface area contributed by atoms with Crippen LogP contribution in [0.1, 0.15) is 5.56 Å². The van der Waals surface area contributed by atoms with Crippen LogP contribution in [0.4, 0.5) is 21.9 Å². The van der Waals surface area contributed by atoms with Crippen LogP contribution in [0.25, 0.3) is 0 Å². The summed E-state index contributed by atoms with van der Waals surface area (Å²) in [5.41, 5.74) is 8.03. The number of nitrogens with one attached hydrogen (secondary N) is 2. The van der Waals surface area contributed by atoms with Gasteiger partial charge < -0.3 is 25.8 Å². The van der Waals surface area contributed by atoms with Crippen molar-refractivity contribution in [1.29, 1.82) is 0 Å². The molecule has 3 aromatic rings. The molecule has 4 N–H and O–H groups in total. The topological polar surface area (TPSA) is 126 Å². The van der Waals surface area contributed by atoms with Crippen molar-refractivity contribution in [3.8, 4) is 11.5 Å². The van der Waals surface area contributed by atoms with Gasteiger partial charge in [-0.1, -0.05) is 41.4 Å². The summed E-state index contributed by atoms with van der Waals surface area (Å²) >= 11 is 13.0. The first-order valence-corrected chi connectivity index (χ1v) is 11.9. The van der Waals surface area contributed by atoms with Crippen molar-refractivity contribution >= 4 is 58.8 Å². The number of aromatic nitrogens is 1. The number of urea groups is 1. The van der Waals surface area contributed by atoms with E-state index in [1.807, 2.05) is 18.2 Å². The number of aliphatic imine (C=N–C) groups is 2. The van der Waals surface area contributed by atoms with Crippen LogP contribution in [0.5, 0.6) is 11.5 Å². The molecule has 0 aliphatic rings. The zero-order valence-corrected chi connectivity index (χ0v) is 22.5. The van der Waals surface area contributed by atoms with E-state index in [-0.39, 0.29) is 39.6 Å². The summed E-state index contributed by atoms with van der Waals surface area (Å²) in [5.74, 6) is 1.10. The van der Waals surface area contributed by atoms with E-state index in [1.54, 1.807) is 43.7 Å². The van der Waals surface area contributed by atoms with Crippen molar-refractivity contribution in [3.63, 3.8) is 0 Å². The van der Waals surface area contributed by atoms with Crippen LogP contribution in [0.15, 0.2) is 76.7 Å². The minimum absolute atomic E-state index is 0.105. The third-order valence-electron chi connectivity index (χ3n) is 5.28. The Bertz CT molecular complexity index is 1340. The molecule has 0 bridgehead atoms. The smallest absolute Gasteiger partial charge is 0.327 e. The molecule has 1 heterocycles. The number of nitrogens with two attached hydrogens (primary N) is 1. The maximum Gasteiger partial charge on any atom is 0.327 e. The monoisotopic (exact) mass is 555 g/mol. The van der Waals surface area contributed by atoms with Crippen LogP contribution < -0.4 is 25.8 Å². The molecule has 0 spiro atoms. The molecule has 0 radical (unpaired) electrons. The van der Waals surface area contributed by atoms with Crippen LogP contribution in [-0.4, -0.2) is 49.7 Å². The number of ether oxygens (including phenoxy) is 2. The number of para-hydroxylation sites is 2. The van der Waals surface area contributed by atoms with Gasteiger partial charge in [0.25, 0.3) is 0 Å². The number of methoxy groups -OCH3 is 2. The number of carbonyl (C=O) groups excluding carboxylic acids is 1. The third-order valence-corrected chi connectivity index (χ3v) is 6.03. The lowest BCUT2D eigenvalue weighted by atomic mass is 10.2. The van der Waals surface area contributed by atoms with E-state index in [1.165, 1.54) is 25.2 Å². The van der Waals surface area contributed by atoms with Crippen LogP contribution in [0, 0.1) is 0 Å². The highest BCUT2D eigenvalue weighted by atomic mass is 35.5. The maximum atomic E-state index is 13.7. The molecule has 10 nitrogen and oxygen atoms in total. The third kappa shape index (κ3) is 6.72. The number of halogens is 2. The fourth-order valence-corrected chi connectivity index (χ4v) is 3.95. The lowest BCUT2D eigenvalue weighted by Gasteiger charge is -2.24. The van der Waals surface area contributed by atoms with E-state index in [4.69, 9.17) is 38.4 Å². The maximum absolute atomic E-state index is 13.7. The van der Waals surface area contributed by atoms with Gasteiger partial charge in [-0.3, -0.25) is 14.9 Å². The Kier molecular flexibility index (Phi) is 9.92. The number of pyridine rings is 1. The Labute approximate surface area is 230 Å². The van der Waals surface area contributed by atoms with Gasteiger partial charge in [0.1, 0.15) is 33.2 Å². The molecule has 0 saturated heterocycles. The molecule has 0 unspecified atom stereocenters. The number of hydrogen-bond acceptors (Lipinski definition) is 8. The minimum Gasteiger partial charge on any atom is -0.495 e. The minimum atomic E-state index is -0.590. The summed E-state index contributed by atoms with van der Waals surface area (Å²) in [6.07, 6.45) is 4.84. The predicted molar refractivity (Wildman–Crippen MR) is 154 cm³/mol. The van der Waals surface area contributed by atoms with Crippen LogP contribution in [-0.2, 0) is 6.54 Å². The Morgan fingerprint density at radius 3 is 2.37 bits per heavy atom. The lowest BCUT2D eigenvalue weighted by Crippen LogP contribution is -2.39. The van der Waals surface area contributed by atoms with Crippen LogP contribution in [0.3, 0.4) is 0 Å². The molecule has 1 aromatic heterocycles. The van der Waals surface area contributed by atoms with Crippen LogP contribution in [0.2, 0.25) is 10.0 Å². The van der Waals surface area contributed by atoms with Gasteiger partial charge in [-0.25, -0.2) is 9.79 Å². The van der Waals surface area contributed by atoms with Gasteiger partial charge in [0.2, 0.25) is 0 Å². The first kappa shape index (κ1) is 28.3. The van der Waals surface area contributed by atoms with Gasteiger partial charge in [-0.15, -0.1) is 0 Å². The molecule has 3 rings (SSSR count). The van der Waals surface area contributed by atoms with Gasteiger partial charge in [-0.2, -0.15) is 0 Å². The average Bonchev–Trinajstić information content (AvgIpc) is 2.94. The van der Waals surface area contributed by atoms with Crippen LogP contribution >= 0.6 is 23.2 Å². The Morgan fingerprint density at radius 1 is 1.13 bits per heavy atom. The first-order chi connectivity index (χ1) is 18.3. The second kappa shape index (κ2) is 13.3. The molecule has 0 fully saturated rings. The quantitative estimate of drug-likeness (QED) is 0.176. The van der Waals surface area contributed by atoms with E-state index in [2.05, 4.69) is 32.3 Å². The molecule has 12 heteroatoms. The first-order valence-electron chi connectivity index (χ1n) is 11.2. The van der Waals surface area contributed by atoms with E-state index in [0.717, 1.165) is 5.56 Å². The molecule has 0 aliphatic carbocycles. The van der Waals surface area contributed by atoms with Crippen molar-refractivity contribution in [2.45, 2.75) is 6.54 Å². The molecule has 0 saturated carbocycles. The van der Waals surface area contributed by atoms with E-state index in [0.29, 0.717) is 17.2 Å². The molecule has 2 amide bonds. The molecule has 2 aromatic carbocycles. The summed E-state index contributed by atoms with van der Waals surface area (Å²) in [6.45, 7) is 3.73. The normalized spacial score (nSPS) is 11.5. The van der Waals surface area contributed by atoms with E-state index in [9.17, 15) is 4.79 Å². The van der Waals surface area contributed by atoms with Crippen molar-refractivity contribution in [2.75, 3.05) is 37.6 Å². The highest BCUT2D eigenvalue weighted by Crippen LogP contribution is 2.44. The molecule has 0 aliphatic heterocycles. The predicted octanol–water partition coefficient (Wildman–Crippen LogP) is 5.70. The highest BCUT2D eigenvalue weighted by Gasteiger charge is 2.24. The summed E-state index contributed by atoms with van der Waals surface area (Å²) in [6, 6.07) is 11.7. The number of anilines is 3. The van der Waals surface area contributed by atoms with Crippen molar-refractivity contribution in [2.24, 2.45) is 9.98 Å². The number of hydrogen-bond donors (Lipinski definition) is 3. The van der Waals surface area contributed by atoms with Crippen molar-refractivity contribution in [1.82, 2.24) is 9.88 Å². The van der Waals surface area contributed by atoms with E-state index >= 15 is 0 Å². The Hall–Kier alpha value is -4.28. The number of nitrogens with zero attached hydrogens (tertiary/aromatic N) is 4. The zero-order chi connectivity index (χ0) is 27.7. The number of amides is 2. The summed E-state index contributed by atoms with van der Waals surface area (Å²) < 4.78 is 10.6. The summed E-state index contributed by atoms with van der Waals surface area (Å²) in [4.78, 5) is 27.6. The molecule has 0 atom stereocenters. The largest absolute Gasteiger partial charge is 0.495 e. The average molecular weight is 556 g/mol. The summed E-state index contributed by atoms with van der Waals surface area (Å²) in [5, 5.41) is 6.07. The fraction of sp³-hybridized carbons (Fsp3) is 0.154. The molecule has 38 heavy (non-hydrogen) atoms. The van der Waals surface area contributed by atoms with Gasteiger partial charge >= 0.3 is 6.03 Å². The van der Waals surface area contributed by atoms with Gasteiger partial charge in [0.15, 0.2) is 0 Å². The van der Waals surface area contributed by atoms with E-state index < -0.39 is 6.03 Å².